The lowest BCUT2D eigenvalue weighted by Crippen LogP contribution is -2.05. The molecule has 0 fully saturated rings. The van der Waals surface area contributed by atoms with Gasteiger partial charge >= 0.3 is 6.18 Å². The molecule has 0 aliphatic carbocycles. The maximum atomic E-state index is 12.3. The van der Waals surface area contributed by atoms with Crippen LogP contribution in [-0.2, 0) is 13.2 Å². The minimum atomic E-state index is -4.36. The molecule has 90 valence electrons. The first kappa shape index (κ1) is 11.4. The number of nitrogens with one attached hydrogen (secondary N) is 1. The van der Waals surface area contributed by atoms with Crippen molar-refractivity contribution in [3.63, 3.8) is 0 Å². The van der Waals surface area contributed by atoms with E-state index < -0.39 is 11.7 Å². The molecule has 2 aromatic rings. The molecule has 1 N–H and O–H groups in total. The van der Waals surface area contributed by atoms with Gasteiger partial charge in [-0.05, 0) is 12.1 Å². The minimum absolute atomic E-state index is 0.316. The van der Waals surface area contributed by atoms with E-state index in [0.29, 0.717) is 11.6 Å². The molecule has 0 saturated heterocycles. The van der Waals surface area contributed by atoms with Crippen molar-refractivity contribution in [2.24, 2.45) is 7.05 Å². The van der Waals surface area contributed by atoms with E-state index in [1.165, 1.54) is 6.07 Å². The van der Waals surface area contributed by atoms with Gasteiger partial charge in [-0.1, -0.05) is 0 Å². The van der Waals surface area contributed by atoms with Gasteiger partial charge in [0, 0.05) is 25.5 Å². The zero-order chi connectivity index (χ0) is 12.5. The fourth-order valence-electron chi connectivity index (χ4n) is 1.25. The Kier molecular flexibility index (Phi) is 2.74. The smallest absolute Gasteiger partial charge is 0.323 e. The van der Waals surface area contributed by atoms with E-state index in [0.717, 1.165) is 12.3 Å². The van der Waals surface area contributed by atoms with Crippen LogP contribution in [0, 0.1) is 0 Å². The summed E-state index contributed by atoms with van der Waals surface area (Å²) in [4.78, 5) is 3.67. The Morgan fingerprint density at radius 1 is 1.18 bits per heavy atom. The Balaban J connectivity index is 2.13. The molecule has 0 bridgehead atoms. The van der Waals surface area contributed by atoms with Gasteiger partial charge < -0.3 is 5.32 Å². The number of nitrogens with zero attached hydrogens (tertiary/aromatic N) is 3. The quantitative estimate of drug-likeness (QED) is 0.880. The third-order valence-electron chi connectivity index (χ3n) is 2.06. The lowest BCUT2D eigenvalue weighted by atomic mass is 10.3. The van der Waals surface area contributed by atoms with Crippen molar-refractivity contribution in [1.82, 2.24) is 14.8 Å². The van der Waals surface area contributed by atoms with Crippen LogP contribution in [0.15, 0.2) is 30.6 Å². The summed E-state index contributed by atoms with van der Waals surface area (Å²) in [5, 5.41) is 6.81. The average molecular weight is 242 g/mol. The molecular formula is C10H9F3N4. The lowest BCUT2D eigenvalue weighted by Gasteiger charge is -2.07. The molecule has 0 unspecified atom stereocenters. The van der Waals surface area contributed by atoms with E-state index in [4.69, 9.17) is 0 Å². The summed E-state index contributed by atoms with van der Waals surface area (Å²) < 4.78 is 38.4. The number of anilines is 2. The van der Waals surface area contributed by atoms with Crippen LogP contribution in [0.3, 0.4) is 0 Å². The SMILES string of the molecule is Cn1ccc(Nc2ccc(C(F)(F)F)cn2)n1. The van der Waals surface area contributed by atoms with E-state index in [1.807, 2.05) is 0 Å². The van der Waals surface area contributed by atoms with Crippen molar-refractivity contribution < 1.29 is 13.2 Å². The number of rotatable bonds is 2. The van der Waals surface area contributed by atoms with E-state index in [9.17, 15) is 13.2 Å². The fraction of sp³-hybridized carbons (Fsp3) is 0.200. The molecule has 2 rings (SSSR count). The highest BCUT2D eigenvalue weighted by Gasteiger charge is 2.30. The van der Waals surface area contributed by atoms with E-state index in [-0.39, 0.29) is 0 Å². The fourth-order valence-corrected chi connectivity index (χ4v) is 1.25. The second kappa shape index (κ2) is 4.08. The Labute approximate surface area is 95.1 Å². The molecule has 2 heterocycles. The zero-order valence-electron chi connectivity index (χ0n) is 8.86. The highest BCUT2D eigenvalue weighted by molar-refractivity contribution is 5.50. The van der Waals surface area contributed by atoms with Crippen LogP contribution in [-0.4, -0.2) is 14.8 Å². The van der Waals surface area contributed by atoms with Gasteiger partial charge in [-0.15, -0.1) is 0 Å². The van der Waals surface area contributed by atoms with Crippen LogP contribution in [0.5, 0.6) is 0 Å². The monoisotopic (exact) mass is 242 g/mol. The predicted molar refractivity (Wildman–Crippen MR) is 55.7 cm³/mol. The summed E-state index contributed by atoms with van der Waals surface area (Å²) in [6.45, 7) is 0. The Bertz CT molecular complexity index is 501. The molecular weight excluding hydrogens is 233 g/mol. The standard InChI is InChI=1S/C10H9F3N4/c1-17-5-4-9(16-17)15-8-3-2-7(6-14-8)10(11,12)13/h2-6H,1H3,(H,14,15,16). The van der Waals surface area contributed by atoms with Crippen molar-refractivity contribution in [2.75, 3.05) is 5.32 Å². The number of hydrogen-bond donors (Lipinski definition) is 1. The number of aromatic nitrogens is 3. The topological polar surface area (TPSA) is 42.7 Å². The number of hydrogen-bond acceptors (Lipinski definition) is 3. The van der Waals surface area contributed by atoms with Crippen LogP contribution in [0.25, 0.3) is 0 Å². The zero-order valence-corrected chi connectivity index (χ0v) is 8.86. The third-order valence-corrected chi connectivity index (χ3v) is 2.06. The van der Waals surface area contributed by atoms with Gasteiger partial charge in [-0.25, -0.2) is 4.98 Å². The van der Waals surface area contributed by atoms with Gasteiger partial charge in [0.05, 0.1) is 5.56 Å². The third kappa shape index (κ3) is 2.74. The largest absolute Gasteiger partial charge is 0.417 e. The van der Waals surface area contributed by atoms with E-state index in [1.54, 1.807) is 24.0 Å². The Hall–Kier alpha value is -2.05. The Morgan fingerprint density at radius 2 is 1.94 bits per heavy atom. The van der Waals surface area contributed by atoms with Crippen molar-refractivity contribution >= 4 is 11.6 Å². The molecule has 0 aromatic carbocycles. The normalized spacial score (nSPS) is 11.5. The van der Waals surface area contributed by atoms with Gasteiger partial charge in [-0.3, -0.25) is 4.68 Å². The van der Waals surface area contributed by atoms with Crippen LogP contribution >= 0.6 is 0 Å². The predicted octanol–water partition coefficient (Wildman–Crippen LogP) is 2.58. The maximum absolute atomic E-state index is 12.3. The van der Waals surface area contributed by atoms with Gasteiger partial charge in [-0.2, -0.15) is 18.3 Å². The molecule has 17 heavy (non-hydrogen) atoms. The van der Waals surface area contributed by atoms with Gasteiger partial charge in [0.15, 0.2) is 5.82 Å². The van der Waals surface area contributed by atoms with Gasteiger partial charge in [0.25, 0.3) is 0 Å². The molecule has 0 spiro atoms. The van der Waals surface area contributed by atoms with Crippen molar-refractivity contribution in [1.29, 1.82) is 0 Å². The number of pyridine rings is 1. The molecule has 0 aliphatic heterocycles. The van der Waals surface area contributed by atoms with Crippen LogP contribution < -0.4 is 5.32 Å². The minimum Gasteiger partial charge on any atom is -0.323 e. The van der Waals surface area contributed by atoms with E-state index >= 15 is 0 Å². The van der Waals surface area contributed by atoms with Crippen LogP contribution in [0.2, 0.25) is 0 Å². The maximum Gasteiger partial charge on any atom is 0.417 e. The second-order valence-corrected chi connectivity index (χ2v) is 3.43. The molecule has 0 atom stereocenters. The van der Waals surface area contributed by atoms with E-state index in [2.05, 4.69) is 15.4 Å². The van der Waals surface area contributed by atoms with Crippen LogP contribution in [0.1, 0.15) is 5.56 Å². The average Bonchev–Trinajstić information content (AvgIpc) is 2.63. The number of halogens is 3. The Morgan fingerprint density at radius 3 is 2.41 bits per heavy atom. The molecule has 0 amide bonds. The number of aryl methyl sites for hydroxylation is 1. The second-order valence-electron chi connectivity index (χ2n) is 3.43. The molecule has 0 saturated carbocycles. The van der Waals surface area contributed by atoms with Gasteiger partial charge in [0.1, 0.15) is 5.82 Å². The highest BCUT2D eigenvalue weighted by Crippen LogP contribution is 2.29. The highest BCUT2D eigenvalue weighted by atomic mass is 19.4. The summed E-state index contributed by atoms with van der Waals surface area (Å²) in [7, 11) is 1.74. The first-order valence-electron chi connectivity index (χ1n) is 4.75. The first-order valence-corrected chi connectivity index (χ1v) is 4.75. The molecule has 4 nitrogen and oxygen atoms in total. The molecule has 7 heteroatoms. The van der Waals surface area contributed by atoms with Crippen molar-refractivity contribution in [3.05, 3.63) is 36.2 Å². The summed E-state index contributed by atoms with van der Waals surface area (Å²) in [5.74, 6) is 0.844. The van der Waals surface area contributed by atoms with Crippen LogP contribution in [0.4, 0.5) is 24.8 Å². The first-order chi connectivity index (χ1) is 7.95. The molecule has 2 aromatic heterocycles. The number of alkyl halides is 3. The van der Waals surface area contributed by atoms with Crippen molar-refractivity contribution in [2.45, 2.75) is 6.18 Å². The molecule has 0 radical (unpaired) electrons. The molecule has 0 aliphatic rings. The summed E-state index contributed by atoms with van der Waals surface area (Å²) in [5.41, 5.74) is -0.774. The van der Waals surface area contributed by atoms with Gasteiger partial charge in [0.2, 0.25) is 0 Å². The van der Waals surface area contributed by atoms with Crippen molar-refractivity contribution in [3.8, 4) is 0 Å². The summed E-state index contributed by atoms with van der Waals surface area (Å²) >= 11 is 0. The lowest BCUT2D eigenvalue weighted by molar-refractivity contribution is -0.137. The summed E-state index contributed by atoms with van der Waals surface area (Å²) in [6.07, 6.45) is -1.87. The summed E-state index contributed by atoms with van der Waals surface area (Å²) in [6, 6.07) is 3.93.